The van der Waals surface area contributed by atoms with Gasteiger partial charge in [-0.25, -0.2) is 9.37 Å². The lowest BCUT2D eigenvalue weighted by Crippen LogP contribution is -2.27. The van der Waals surface area contributed by atoms with E-state index in [-0.39, 0.29) is 17.8 Å². The number of fused-ring (bicyclic) bond motifs is 1. The molecule has 0 spiro atoms. The zero-order valence-electron chi connectivity index (χ0n) is 13.3. The number of thiazole rings is 1. The van der Waals surface area contributed by atoms with E-state index in [2.05, 4.69) is 0 Å². The highest BCUT2D eigenvalue weighted by Crippen LogP contribution is 2.37. The standard InChI is InChI=1S/C19H17FN2OS/c1-12(23)22-10-4-7-18(22)19-21-17(11-24-19)15-8-9-16(20)14-6-3-2-5-13(14)15/h2-3,5-6,8-9,11,18H,4,7,10H2,1H3. The first-order valence-corrected chi connectivity index (χ1v) is 8.93. The van der Waals surface area contributed by atoms with E-state index >= 15 is 0 Å². The van der Waals surface area contributed by atoms with E-state index in [1.54, 1.807) is 30.4 Å². The van der Waals surface area contributed by atoms with Crippen LogP contribution < -0.4 is 0 Å². The summed E-state index contributed by atoms with van der Waals surface area (Å²) in [7, 11) is 0. The summed E-state index contributed by atoms with van der Waals surface area (Å²) >= 11 is 1.58. The van der Waals surface area contributed by atoms with Crippen LogP contribution in [0.1, 0.15) is 30.8 Å². The summed E-state index contributed by atoms with van der Waals surface area (Å²) in [5.41, 5.74) is 1.78. The van der Waals surface area contributed by atoms with Gasteiger partial charge in [-0.15, -0.1) is 11.3 Å². The van der Waals surface area contributed by atoms with Gasteiger partial charge in [0.25, 0.3) is 0 Å². The maximum Gasteiger partial charge on any atom is 0.220 e. The van der Waals surface area contributed by atoms with Crippen LogP contribution in [0.3, 0.4) is 0 Å². The van der Waals surface area contributed by atoms with Crippen LogP contribution >= 0.6 is 11.3 Å². The molecule has 1 aliphatic heterocycles. The van der Waals surface area contributed by atoms with Gasteiger partial charge in [0.15, 0.2) is 0 Å². The molecular formula is C19H17FN2OS. The third kappa shape index (κ3) is 2.49. The van der Waals surface area contributed by atoms with E-state index in [1.165, 1.54) is 6.07 Å². The molecule has 1 aromatic heterocycles. The molecule has 2 aromatic carbocycles. The number of rotatable bonds is 2. The molecule has 1 fully saturated rings. The second-order valence-corrected chi connectivity index (χ2v) is 6.97. The molecule has 2 heterocycles. The minimum Gasteiger partial charge on any atom is -0.333 e. The quantitative estimate of drug-likeness (QED) is 0.672. The van der Waals surface area contributed by atoms with Crippen LogP contribution in [0.4, 0.5) is 4.39 Å². The Hall–Kier alpha value is -2.27. The molecule has 1 aliphatic rings. The third-order valence-electron chi connectivity index (χ3n) is 4.61. The number of nitrogens with zero attached hydrogens (tertiary/aromatic N) is 2. The molecule has 0 bridgehead atoms. The summed E-state index contributed by atoms with van der Waals surface area (Å²) in [4.78, 5) is 18.5. The van der Waals surface area contributed by atoms with E-state index in [1.807, 2.05) is 28.5 Å². The smallest absolute Gasteiger partial charge is 0.220 e. The first-order chi connectivity index (χ1) is 11.6. The summed E-state index contributed by atoms with van der Waals surface area (Å²) in [5.74, 6) is -0.121. The minimum atomic E-state index is -0.219. The fourth-order valence-corrected chi connectivity index (χ4v) is 4.42. The van der Waals surface area contributed by atoms with Crippen molar-refractivity contribution in [2.24, 2.45) is 0 Å². The van der Waals surface area contributed by atoms with Gasteiger partial charge in [-0.05, 0) is 30.4 Å². The fourth-order valence-electron chi connectivity index (χ4n) is 3.45. The lowest BCUT2D eigenvalue weighted by atomic mass is 10.0. The van der Waals surface area contributed by atoms with Crippen molar-refractivity contribution in [3.05, 3.63) is 52.6 Å². The first-order valence-electron chi connectivity index (χ1n) is 8.05. The molecule has 3 nitrogen and oxygen atoms in total. The molecule has 0 N–H and O–H groups in total. The van der Waals surface area contributed by atoms with Crippen molar-refractivity contribution in [3.8, 4) is 11.3 Å². The molecule has 1 saturated heterocycles. The number of carbonyl (C=O) groups is 1. The second kappa shape index (κ2) is 5.98. The van der Waals surface area contributed by atoms with Gasteiger partial charge in [0, 0.05) is 29.8 Å². The maximum absolute atomic E-state index is 14.0. The van der Waals surface area contributed by atoms with Gasteiger partial charge in [0.2, 0.25) is 5.91 Å². The molecule has 1 amide bonds. The lowest BCUT2D eigenvalue weighted by molar-refractivity contribution is -0.129. The van der Waals surface area contributed by atoms with E-state index < -0.39 is 0 Å². The average Bonchev–Trinajstić information content (AvgIpc) is 3.24. The van der Waals surface area contributed by atoms with Gasteiger partial charge in [0.05, 0.1) is 11.7 Å². The first kappa shape index (κ1) is 15.3. The highest BCUT2D eigenvalue weighted by molar-refractivity contribution is 7.10. The fraction of sp³-hybridized carbons (Fsp3) is 0.263. The molecular weight excluding hydrogens is 323 g/mol. The van der Waals surface area contributed by atoms with Crippen LogP contribution in [-0.4, -0.2) is 22.3 Å². The Morgan fingerprint density at radius 3 is 2.83 bits per heavy atom. The van der Waals surface area contributed by atoms with Crippen molar-refractivity contribution < 1.29 is 9.18 Å². The van der Waals surface area contributed by atoms with Gasteiger partial charge in [0.1, 0.15) is 10.8 Å². The zero-order chi connectivity index (χ0) is 16.7. The van der Waals surface area contributed by atoms with Crippen LogP contribution in [0, 0.1) is 5.82 Å². The van der Waals surface area contributed by atoms with Gasteiger partial charge < -0.3 is 4.90 Å². The number of hydrogen-bond donors (Lipinski definition) is 0. The predicted molar refractivity (Wildman–Crippen MR) is 94.4 cm³/mol. The lowest BCUT2D eigenvalue weighted by Gasteiger charge is -2.21. The Labute approximate surface area is 143 Å². The topological polar surface area (TPSA) is 33.2 Å². The van der Waals surface area contributed by atoms with Crippen LogP contribution in [-0.2, 0) is 4.79 Å². The number of hydrogen-bond acceptors (Lipinski definition) is 3. The number of amides is 1. The van der Waals surface area contributed by atoms with Crippen molar-refractivity contribution >= 4 is 28.0 Å². The number of aromatic nitrogens is 1. The molecule has 1 unspecified atom stereocenters. The van der Waals surface area contributed by atoms with Crippen molar-refractivity contribution in [1.82, 2.24) is 9.88 Å². The van der Waals surface area contributed by atoms with Gasteiger partial charge in [-0.2, -0.15) is 0 Å². The summed E-state index contributed by atoms with van der Waals surface area (Å²) in [6, 6.07) is 10.8. The zero-order valence-corrected chi connectivity index (χ0v) is 14.1. The maximum atomic E-state index is 14.0. The van der Waals surface area contributed by atoms with Gasteiger partial charge >= 0.3 is 0 Å². The van der Waals surface area contributed by atoms with Crippen molar-refractivity contribution in [3.63, 3.8) is 0 Å². The monoisotopic (exact) mass is 340 g/mol. The Balaban J connectivity index is 1.76. The minimum absolute atomic E-state index is 0.0768. The van der Waals surface area contributed by atoms with Gasteiger partial charge in [-0.3, -0.25) is 4.79 Å². The van der Waals surface area contributed by atoms with E-state index in [9.17, 15) is 9.18 Å². The van der Waals surface area contributed by atoms with Crippen molar-refractivity contribution in [2.45, 2.75) is 25.8 Å². The molecule has 4 rings (SSSR count). The predicted octanol–water partition coefficient (Wildman–Crippen LogP) is 4.79. The van der Waals surface area contributed by atoms with Gasteiger partial charge in [-0.1, -0.05) is 24.3 Å². The van der Waals surface area contributed by atoms with Crippen LogP contribution in [0.15, 0.2) is 41.8 Å². The Kier molecular flexibility index (Phi) is 3.81. The van der Waals surface area contributed by atoms with E-state index in [4.69, 9.17) is 4.98 Å². The van der Waals surface area contributed by atoms with Crippen molar-refractivity contribution in [2.75, 3.05) is 6.54 Å². The number of carbonyl (C=O) groups excluding carboxylic acids is 1. The molecule has 0 radical (unpaired) electrons. The second-order valence-electron chi connectivity index (χ2n) is 6.08. The largest absolute Gasteiger partial charge is 0.333 e. The average molecular weight is 340 g/mol. The molecule has 1 atom stereocenters. The summed E-state index contributed by atoms with van der Waals surface area (Å²) in [6.07, 6.45) is 1.97. The third-order valence-corrected chi connectivity index (χ3v) is 5.56. The van der Waals surface area contributed by atoms with Crippen LogP contribution in [0.2, 0.25) is 0 Å². The number of benzene rings is 2. The molecule has 0 saturated carbocycles. The molecule has 0 aliphatic carbocycles. The highest BCUT2D eigenvalue weighted by atomic mass is 32.1. The normalized spacial score (nSPS) is 17.6. The molecule has 24 heavy (non-hydrogen) atoms. The van der Waals surface area contributed by atoms with E-state index in [0.717, 1.165) is 41.0 Å². The molecule has 3 aromatic rings. The Morgan fingerprint density at radius 2 is 2.04 bits per heavy atom. The Morgan fingerprint density at radius 1 is 1.25 bits per heavy atom. The molecule has 122 valence electrons. The number of halogens is 1. The summed E-state index contributed by atoms with van der Waals surface area (Å²) in [5, 5.41) is 4.44. The summed E-state index contributed by atoms with van der Waals surface area (Å²) < 4.78 is 14.0. The van der Waals surface area contributed by atoms with E-state index in [0.29, 0.717) is 5.39 Å². The Bertz CT molecular complexity index is 921. The van der Waals surface area contributed by atoms with Crippen LogP contribution in [0.5, 0.6) is 0 Å². The number of likely N-dealkylation sites (tertiary alicyclic amines) is 1. The SMILES string of the molecule is CC(=O)N1CCCC1c1nc(-c2ccc(F)c3ccccc23)cs1. The summed E-state index contributed by atoms with van der Waals surface area (Å²) in [6.45, 7) is 2.41. The van der Waals surface area contributed by atoms with Crippen molar-refractivity contribution in [1.29, 1.82) is 0 Å². The van der Waals surface area contributed by atoms with Crippen LogP contribution in [0.25, 0.3) is 22.0 Å². The highest BCUT2D eigenvalue weighted by Gasteiger charge is 2.30. The molecule has 5 heteroatoms.